The molecule has 1 aliphatic rings. The third-order valence-electron chi connectivity index (χ3n) is 2.14. The number of hydrogen-bond donors (Lipinski definition) is 1. The van der Waals surface area contributed by atoms with Crippen LogP contribution in [-0.4, -0.2) is 29.2 Å². The lowest BCUT2D eigenvalue weighted by Gasteiger charge is -2.34. The smallest absolute Gasteiger partial charge is 0.414 e. The van der Waals surface area contributed by atoms with E-state index in [1.165, 1.54) is 0 Å². The Balaban J connectivity index is 2.73. The molecule has 1 rings (SSSR count). The monoisotopic (exact) mass is 212 g/mol. The molecule has 0 spiro atoms. The fourth-order valence-corrected chi connectivity index (χ4v) is 1.52. The van der Waals surface area contributed by atoms with Gasteiger partial charge in [-0.15, -0.1) is 0 Å². The summed E-state index contributed by atoms with van der Waals surface area (Å²) in [6, 6.07) is 0.129. The first-order valence-electron chi connectivity index (χ1n) is 5.23. The summed E-state index contributed by atoms with van der Waals surface area (Å²) in [7, 11) is 0. The van der Waals surface area contributed by atoms with E-state index in [4.69, 9.17) is 4.74 Å². The molecule has 0 aromatic heterocycles. The summed E-state index contributed by atoms with van der Waals surface area (Å²) in [5.74, 6) is 0. The zero-order valence-electron chi connectivity index (χ0n) is 10.1. The fourth-order valence-electron chi connectivity index (χ4n) is 1.52. The summed E-state index contributed by atoms with van der Waals surface area (Å²) in [4.78, 5) is 13.6. The van der Waals surface area contributed by atoms with Gasteiger partial charge in [0.2, 0.25) is 0 Å². The van der Waals surface area contributed by atoms with Crippen LogP contribution >= 0.6 is 0 Å². The zero-order valence-corrected chi connectivity index (χ0v) is 10.1. The Labute approximate surface area is 91.3 Å². The first kappa shape index (κ1) is 11.9. The van der Waals surface area contributed by atoms with Crippen molar-refractivity contribution in [2.75, 3.05) is 6.54 Å². The average Bonchev–Trinajstić information content (AvgIpc) is 1.99. The third-order valence-corrected chi connectivity index (χ3v) is 2.14. The van der Waals surface area contributed by atoms with Crippen LogP contribution in [0.3, 0.4) is 0 Å². The second-order valence-electron chi connectivity index (χ2n) is 4.89. The lowest BCUT2D eigenvalue weighted by atomic mass is 10.2. The molecule has 0 fully saturated rings. The van der Waals surface area contributed by atoms with E-state index >= 15 is 0 Å². The van der Waals surface area contributed by atoms with Gasteiger partial charge >= 0.3 is 6.09 Å². The van der Waals surface area contributed by atoms with Crippen molar-refractivity contribution in [2.24, 2.45) is 0 Å². The second-order valence-corrected chi connectivity index (χ2v) is 4.89. The van der Waals surface area contributed by atoms with Crippen LogP contribution in [0.15, 0.2) is 11.9 Å². The van der Waals surface area contributed by atoms with Crippen molar-refractivity contribution in [3.8, 4) is 0 Å². The van der Waals surface area contributed by atoms with Gasteiger partial charge in [0.1, 0.15) is 5.60 Å². The minimum absolute atomic E-state index is 0.129. The lowest BCUT2D eigenvalue weighted by molar-refractivity contribution is 0.0243. The Morgan fingerprint density at radius 2 is 2.20 bits per heavy atom. The van der Waals surface area contributed by atoms with Crippen molar-refractivity contribution < 1.29 is 9.53 Å². The van der Waals surface area contributed by atoms with Crippen LogP contribution in [0.5, 0.6) is 0 Å². The number of amides is 1. The topological polar surface area (TPSA) is 41.6 Å². The molecule has 1 amide bonds. The van der Waals surface area contributed by atoms with Crippen LogP contribution in [0, 0.1) is 0 Å². The van der Waals surface area contributed by atoms with E-state index in [1.54, 1.807) is 4.90 Å². The molecule has 0 saturated carbocycles. The molecule has 1 unspecified atom stereocenters. The van der Waals surface area contributed by atoms with Gasteiger partial charge in [-0.3, -0.25) is 4.90 Å². The van der Waals surface area contributed by atoms with E-state index in [-0.39, 0.29) is 12.1 Å². The van der Waals surface area contributed by atoms with Gasteiger partial charge in [0.15, 0.2) is 0 Å². The molecule has 1 atom stereocenters. The molecule has 1 aliphatic heterocycles. The molecule has 1 N–H and O–H groups in total. The predicted molar refractivity (Wildman–Crippen MR) is 59.3 cm³/mol. The van der Waals surface area contributed by atoms with Gasteiger partial charge in [-0.05, 0) is 34.6 Å². The van der Waals surface area contributed by atoms with Crippen LogP contribution in [-0.2, 0) is 4.74 Å². The van der Waals surface area contributed by atoms with Crippen LogP contribution in [0.4, 0.5) is 4.79 Å². The number of nitrogens with one attached hydrogen (secondary N) is 1. The molecule has 1 heterocycles. The molecule has 86 valence electrons. The van der Waals surface area contributed by atoms with E-state index in [0.717, 1.165) is 12.2 Å². The van der Waals surface area contributed by atoms with E-state index in [9.17, 15) is 4.79 Å². The highest BCUT2D eigenvalue weighted by atomic mass is 16.6. The fraction of sp³-hybridized carbons (Fsp3) is 0.727. The Kier molecular flexibility index (Phi) is 3.27. The van der Waals surface area contributed by atoms with Gasteiger partial charge in [0.05, 0.1) is 6.04 Å². The van der Waals surface area contributed by atoms with Crippen molar-refractivity contribution in [1.29, 1.82) is 0 Å². The summed E-state index contributed by atoms with van der Waals surface area (Å²) in [6.07, 6.45) is 1.56. The first-order chi connectivity index (χ1) is 6.81. The summed E-state index contributed by atoms with van der Waals surface area (Å²) >= 11 is 0. The minimum atomic E-state index is -0.443. The first-order valence-corrected chi connectivity index (χ1v) is 5.23. The van der Waals surface area contributed by atoms with Crippen LogP contribution < -0.4 is 5.32 Å². The Hall–Kier alpha value is -1.19. The van der Waals surface area contributed by atoms with Crippen molar-refractivity contribution in [3.63, 3.8) is 0 Å². The molecule has 0 bridgehead atoms. The molecular formula is C11H20N2O2. The highest BCUT2D eigenvalue weighted by Crippen LogP contribution is 2.17. The molecule has 0 radical (unpaired) electrons. The van der Waals surface area contributed by atoms with Crippen LogP contribution in [0.1, 0.15) is 34.6 Å². The quantitative estimate of drug-likeness (QED) is 0.668. The number of ether oxygens (including phenoxy) is 1. The number of carbonyl (C=O) groups is 1. The van der Waals surface area contributed by atoms with Crippen molar-refractivity contribution in [3.05, 3.63) is 11.9 Å². The summed E-state index contributed by atoms with van der Waals surface area (Å²) < 4.78 is 5.34. The normalized spacial score (nSPS) is 21.8. The molecule has 4 nitrogen and oxygen atoms in total. The Morgan fingerprint density at radius 1 is 1.60 bits per heavy atom. The maximum absolute atomic E-state index is 11.9. The van der Waals surface area contributed by atoms with Crippen LogP contribution in [0.2, 0.25) is 0 Å². The second kappa shape index (κ2) is 4.13. The van der Waals surface area contributed by atoms with Gasteiger partial charge < -0.3 is 10.1 Å². The standard InChI is InChI=1S/C11H20N2O2/c1-8-6-12-7-9(2)13(8)10(14)15-11(3,4)5/h6,9,12H,7H2,1-5H3. The van der Waals surface area contributed by atoms with Crippen molar-refractivity contribution in [1.82, 2.24) is 10.2 Å². The molecule has 0 aromatic carbocycles. The van der Waals surface area contributed by atoms with Gasteiger partial charge in [-0.2, -0.15) is 0 Å². The summed E-state index contributed by atoms with van der Waals surface area (Å²) in [6.45, 7) is 10.3. The molecule has 0 aliphatic carbocycles. The number of carbonyl (C=O) groups excluding carboxylic acids is 1. The molecule has 15 heavy (non-hydrogen) atoms. The van der Waals surface area contributed by atoms with E-state index in [2.05, 4.69) is 5.32 Å². The number of allylic oxidation sites excluding steroid dienone is 1. The Bertz CT molecular complexity index is 279. The minimum Gasteiger partial charge on any atom is -0.443 e. The third kappa shape index (κ3) is 3.15. The maximum atomic E-state index is 11.9. The molecular weight excluding hydrogens is 192 g/mol. The van der Waals surface area contributed by atoms with Gasteiger partial charge in [0.25, 0.3) is 0 Å². The van der Waals surface area contributed by atoms with Gasteiger partial charge in [0, 0.05) is 18.4 Å². The highest BCUT2D eigenvalue weighted by molar-refractivity contribution is 5.71. The van der Waals surface area contributed by atoms with E-state index < -0.39 is 5.60 Å². The van der Waals surface area contributed by atoms with Crippen molar-refractivity contribution in [2.45, 2.75) is 46.3 Å². The number of rotatable bonds is 0. The Morgan fingerprint density at radius 3 is 2.67 bits per heavy atom. The lowest BCUT2D eigenvalue weighted by Crippen LogP contribution is -2.47. The van der Waals surface area contributed by atoms with E-state index in [1.807, 2.05) is 40.8 Å². The SMILES string of the molecule is CC1=CNCC(C)N1C(=O)OC(C)(C)C. The number of nitrogens with zero attached hydrogens (tertiary/aromatic N) is 1. The summed E-state index contributed by atoms with van der Waals surface area (Å²) in [5.41, 5.74) is 0.449. The predicted octanol–water partition coefficient (Wildman–Crippen LogP) is 2.08. The zero-order chi connectivity index (χ0) is 11.6. The average molecular weight is 212 g/mol. The molecule has 0 aromatic rings. The van der Waals surface area contributed by atoms with Gasteiger partial charge in [-0.1, -0.05) is 0 Å². The van der Waals surface area contributed by atoms with Crippen LogP contribution in [0.25, 0.3) is 0 Å². The van der Waals surface area contributed by atoms with E-state index in [0.29, 0.717) is 0 Å². The molecule has 0 saturated heterocycles. The summed E-state index contributed by atoms with van der Waals surface area (Å²) in [5, 5.41) is 3.12. The highest BCUT2D eigenvalue weighted by Gasteiger charge is 2.28. The maximum Gasteiger partial charge on any atom is 0.414 e. The van der Waals surface area contributed by atoms with Crippen molar-refractivity contribution >= 4 is 6.09 Å². The number of hydrogen-bond acceptors (Lipinski definition) is 3. The largest absolute Gasteiger partial charge is 0.443 e. The molecule has 4 heteroatoms. The van der Waals surface area contributed by atoms with Gasteiger partial charge in [-0.25, -0.2) is 4.79 Å².